The number of sulfonamides is 1. The van der Waals surface area contributed by atoms with Crippen molar-refractivity contribution in [1.82, 2.24) is 9.97 Å². The van der Waals surface area contributed by atoms with Crippen LogP contribution in [-0.4, -0.2) is 18.4 Å². The van der Waals surface area contributed by atoms with Crippen molar-refractivity contribution in [3.8, 4) is 0 Å². The van der Waals surface area contributed by atoms with Gasteiger partial charge in [0.15, 0.2) is 11.6 Å². The first kappa shape index (κ1) is 20.2. The molecule has 2 aromatic carbocycles. The van der Waals surface area contributed by atoms with E-state index >= 15 is 0 Å². The first-order chi connectivity index (χ1) is 14.4. The van der Waals surface area contributed by atoms with Crippen molar-refractivity contribution in [3.63, 3.8) is 0 Å². The van der Waals surface area contributed by atoms with Crippen LogP contribution >= 0.6 is 11.6 Å². The standard InChI is InChI=1S/C21H14ClF2N3O2S/c22-15-3-1-4-16(9-15)27(30(28,29)17-5-2-8-25-11-17)13-14-10-26-12-19-18(14)6-7-20(23)21(19)24/h1-12H,13H2. The van der Waals surface area contributed by atoms with E-state index in [1.54, 1.807) is 18.2 Å². The van der Waals surface area contributed by atoms with E-state index in [1.807, 2.05) is 0 Å². The molecule has 0 spiro atoms. The van der Waals surface area contributed by atoms with Gasteiger partial charge in [0.25, 0.3) is 10.0 Å². The lowest BCUT2D eigenvalue weighted by atomic mass is 10.1. The highest BCUT2D eigenvalue weighted by molar-refractivity contribution is 7.92. The van der Waals surface area contributed by atoms with Gasteiger partial charge in [0.1, 0.15) is 4.90 Å². The number of fused-ring (bicyclic) bond motifs is 1. The minimum absolute atomic E-state index is 0.0182. The molecule has 4 rings (SSSR count). The Kier molecular flexibility index (Phi) is 5.36. The molecule has 5 nitrogen and oxygen atoms in total. The van der Waals surface area contributed by atoms with Gasteiger partial charge in [-0.15, -0.1) is 0 Å². The van der Waals surface area contributed by atoms with Crippen LogP contribution < -0.4 is 4.31 Å². The van der Waals surface area contributed by atoms with Gasteiger partial charge in [0.05, 0.1) is 12.2 Å². The maximum atomic E-state index is 14.2. The van der Waals surface area contributed by atoms with Crippen molar-refractivity contribution in [3.05, 3.63) is 95.5 Å². The van der Waals surface area contributed by atoms with Crippen molar-refractivity contribution in [2.75, 3.05) is 4.31 Å². The molecule has 0 saturated heterocycles. The van der Waals surface area contributed by atoms with Crippen LogP contribution in [0.4, 0.5) is 14.5 Å². The van der Waals surface area contributed by atoms with Gasteiger partial charge < -0.3 is 0 Å². The largest absolute Gasteiger partial charge is 0.266 e. The highest BCUT2D eigenvalue weighted by Gasteiger charge is 2.26. The average Bonchev–Trinajstić information content (AvgIpc) is 2.75. The molecule has 4 aromatic rings. The Hall–Kier alpha value is -3.10. The number of anilines is 1. The zero-order valence-electron chi connectivity index (χ0n) is 15.3. The number of halogens is 3. The Morgan fingerprint density at radius 1 is 0.933 bits per heavy atom. The number of benzene rings is 2. The van der Waals surface area contributed by atoms with Gasteiger partial charge in [-0.25, -0.2) is 17.2 Å². The van der Waals surface area contributed by atoms with Crippen LogP contribution in [0.2, 0.25) is 5.02 Å². The van der Waals surface area contributed by atoms with Gasteiger partial charge in [-0.05, 0) is 47.3 Å². The normalized spacial score (nSPS) is 11.6. The molecule has 9 heteroatoms. The van der Waals surface area contributed by atoms with Gasteiger partial charge >= 0.3 is 0 Å². The molecule has 0 unspecified atom stereocenters. The fraction of sp³-hybridized carbons (Fsp3) is 0.0476. The van der Waals surface area contributed by atoms with Gasteiger partial charge in [0.2, 0.25) is 0 Å². The molecule has 0 fully saturated rings. The summed E-state index contributed by atoms with van der Waals surface area (Å²) in [7, 11) is -4.04. The molecule has 0 saturated carbocycles. The third kappa shape index (κ3) is 3.71. The van der Waals surface area contributed by atoms with E-state index in [2.05, 4.69) is 9.97 Å². The Labute approximate surface area is 176 Å². The molecule has 0 radical (unpaired) electrons. The predicted octanol–water partition coefficient (Wildman–Crippen LogP) is 4.96. The Bertz CT molecular complexity index is 1330. The summed E-state index contributed by atoms with van der Waals surface area (Å²) in [5, 5.41) is 0.678. The summed E-state index contributed by atoms with van der Waals surface area (Å²) in [4.78, 5) is 7.84. The van der Waals surface area contributed by atoms with Crippen LogP contribution in [0.15, 0.2) is 78.2 Å². The zero-order valence-corrected chi connectivity index (χ0v) is 16.9. The van der Waals surface area contributed by atoms with E-state index in [-0.39, 0.29) is 16.8 Å². The molecular weight excluding hydrogens is 432 g/mol. The first-order valence-corrected chi connectivity index (χ1v) is 10.6. The van der Waals surface area contributed by atoms with Crippen molar-refractivity contribution in [1.29, 1.82) is 0 Å². The van der Waals surface area contributed by atoms with Crippen molar-refractivity contribution < 1.29 is 17.2 Å². The highest BCUT2D eigenvalue weighted by Crippen LogP contribution is 2.30. The molecule has 2 heterocycles. The summed E-state index contributed by atoms with van der Waals surface area (Å²) in [5.41, 5.74) is 0.713. The van der Waals surface area contributed by atoms with Crippen molar-refractivity contribution >= 4 is 38.1 Å². The van der Waals surface area contributed by atoms with Crippen LogP contribution in [0.5, 0.6) is 0 Å². The van der Waals surface area contributed by atoms with E-state index in [1.165, 1.54) is 49.1 Å². The number of pyridine rings is 2. The molecule has 30 heavy (non-hydrogen) atoms. The summed E-state index contributed by atoms with van der Waals surface area (Å²) in [6.45, 7) is -0.174. The fourth-order valence-electron chi connectivity index (χ4n) is 3.10. The molecule has 0 aliphatic heterocycles. The van der Waals surface area contributed by atoms with Crippen LogP contribution in [0, 0.1) is 11.6 Å². The molecular formula is C21H14ClF2N3O2S. The quantitative estimate of drug-likeness (QED) is 0.435. The SMILES string of the molecule is O=S(=O)(c1cccnc1)N(Cc1cncc2c(F)c(F)ccc12)c1cccc(Cl)c1. The number of rotatable bonds is 5. The Morgan fingerprint density at radius 3 is 2.50 bits per heavy atom. The summed E-state index contributed by atoms with van der Waals surface area (Å²) in [5.74, 6) is -2.04. The first-order valence-electron chi connectivity index (χ1n) is 8.77. The lowest BCUT2D eigenvalue weighted by Gasteiger charge is -2.25. The topological polar surface area (TPSA) is 63.2 Å². The number of nitrogens with zero attached hydrogens (tertiary/aromatic N) is 3. The molecule has 0 bridgehead atoms. The molecule has 0 aliphatic rings. The van der Waals surface area contributed by atoms with E-state index in [0.717, 1.165) is 10.4 Å². The average molecular weight is 446 g/mol. The van der Waals surface area contributed by atoms with Gasteiger partial charge in [0, 0.05) is 35.2 Å². The Morgan fingerprint density at radius 2 is 1.77 bits per heavy atom. The van der Waals surface area contributed by atoms with Gasteiger partial charge in [-0.1, -0.05) is 23.7 Å². The van der Waals surface area contributed by atoms with E-state index in [9.17, 15) is 17.2 Å². The second kappa shape index (κ2) is 7.97. The third-order valence-electron chi connectivity index (χ3n) is 4.55. The molecule has 0 aliphatic carbocycles. The molecule has 2 aromatic heterocycles. The minimum atomic E-state index is -4.04. The maximum Gasteiger partial charge on any atom is 0.266 e. The fourth-order valence-corrected chi connectivity index (χ4v) is 4.68. The number of aromatic nitrogens is 2. The molecule has 0 amide bonds. The van der Waals surface area contributed by atoms with Gasteiger partial charge in [-0.3, -0.25) is 14.3 Å². The minimum Gasteiger partial charge on any atom is -0.264 e. The summed E-state index contributed by atoms with van der Waals surface area (Å²) < 4.78 is 55.8. The number of hydrogen-bond donors (Lipinski definition) is 0. The highest BCUT2D eigenvalue weighted by atomic mass is 35.5. The van der Waals surface area contributed by atoms with Crippen LogP contribution in [0.3, 0.4) is 0 Å². The Balaban J connectivity index is 1.88. The van der Waals surface area contributed by atoms with E-state index in [4.69, 9.17) is 11.6 Å². The molecule has 0 atom stereocenters. The van der Waals surface area contributed by atoms with E-state index < -0.39 is 21.7 Å². The third-order valence-corrected chi connectivity index (χ3v) is 6.54. The van der Waals surface area contributed by atoms with E-state index in [0.29, 0.717) is 21.7 Å². The second-order valence-corrected chi connectivity index (χ2v) is 8.73. The number of hydrogen-bond acceptors (Lipinski definition) is 4. The predicted molar refractivity (Wildman–Crippen MR) is 111 cm³/mol. The zero-order chi connectivity index (χ0) is 21.3. The molecule has 0 N–H and O–H groups in total. The lowest BCUT2D eigenvalue weighted by molar-refractivity contribution is 0.517. The molecule has 152 valence electrons. The van der Waals surface area contributed by atoms with Crippen LogP contribution in [0.25, 0.3) is 10.8 Å². The summed E-state index contributed by atoms with van der Waals surface area (Å²) in [6.07, 6.45) is 5.34. The summed E-state index contributed by atoms with van der Waals surface area (Å²) in [6, 6.07) is 11.7. The second-order valence-electron chi connectivity index (χ2n) is 6.44. The van der Waals surface area contributed by atoms with Crippen LogP contribution in [-0.2, 0) is 16.6 Å². The lowest BCUT2D eigenvalue weighted by Crippen LogP contribution is -2.30. The van der Waals surface area contributed by atoms with Crippen LogP contribution in [0.1, 0.15) is 5.56 Å². The monoisotopic (exact) mass is 445 g/mol. The summed E-state index contributed by atoms with van der Waals surface area (Å²) >= 11 is 6.08. The van der Waals surface area contributed by atoms with Crippen molar-refractivity contribution in [2.24, 2.45) is 0 Å². The maximum absolute atomic E-state index is 14.2. The van der Waals surface area contributed by atoms with Gasteiger partial charge in [-0.2, -0.15) is 0 Å². The van der Waals surface area contributed by atoms with Crippen molar-refractivity contribution in [2.45, 2.75) is 11.4 Å². The smallest absolute Gasteiger partial charge is 0.264 e.